The lowest BCUT2D eigenvalue weighted by Crippen LogP contribution is -2.44. The number of anilines is 1. The van der Waals surface area contributed by atoms with Gasteiger partial charge in [0.05, 0.1) is 5.69 Å². The van der Waals surface area contributed by atoms with Crippen LogP contribution in [0.3, 0.4) is 0 Å². The molecule has 0 aliphatic carbocycles. The molecule has 0 spiro atoms. The molecule has 1 atom stereocenters. The summed E-state index contributed by atoms with van der Waals surface area (Å²) in [6.45, 7) is 6.06. The van der Waals surface area contributed by atoms with E-state index >= 15 is 0 Å². The van der Waals surface area contributed by atoms with Crippen LogP contribution in [-0.2, 0) is 0 Å². The third kappa shape index (κ3) is 4.13. The predicted molar refractivity (Wildman–Crippen MR) is 87.6 cm³/mol. The molecule has 0 radical (unpaired) electrons. The summed E-state index contributed by atoms with van der Waals surface area (Å²) in [6.07, 6.45) is 0. The molecule has 0 bridgehead atoms. The number of phenols is 1. The normalized spacial score (nSPS) is 17.2. The summed E-state index contributed by atoms with van der Waals surface area (Å²) in [5.74, 6) is 0.199. The van der Waals surface area contributed by atoms with Crippen LogP contribution in [0.4, 0.5) is 5.69 Å². The molecule has 1 heterocycles. The van der Waals surface area contributed by atoms with Gasteiger partial charge in [0.2, 0.25) is 0 Å². The highest BCUT2D eigenvalue weighted by atomic mass is 79.9. The largest absolute Gasteiger partial charge is 0.505 e. The summed E-state index contributed by atoms with van der Waals surface area (Å²) in [5.41, 5.74) is 7.07. The number of aromatic hydroxyl groups is 1. The van der Waals surface area contributed by atoms with Crippen LogP contribution in [0.25, 0.3) is 0 Å². The topological polar surface area (TPSA) is 61.5 Å². The molecule has 110 valence electrons. The zero-order valence-corrected chi connectivity index (χ0v) is 13.9. The van der Waals surface area contributed by atoms with E-state index in [4.69, 9.17) is 5.73 Å². The van der Waals surface area contributed by atoms with Crippen LogP contribution < -0.4 is 11.1 Å². The summed E-state index contributed by atoms with van der Waals surface area (Å²) >= 11 is 3.49. The second kappa shape index (κ2) is 8.17. The van der Waals surface area contributed by atoms with Gasteiger partial charge >= 0.3 is 0 Å². The Morgan fingerprint density at radius 1 is 1.32 bits per heavy atom. The minimum Gasteiger partial charge on any atom is -0.505 e. The minimum absolute atomic E-state index is 0. The number of nitrogen functional groups attached to an aromatic ring is 1. The van der Waals surface area contributed by atoms with Gasteiger partial charge in [0, 0.05) is 42.3 Å². The Morgan fingerprint density at radius 3 is 2.47 bits per heavy atom. The maximum atomic E-state index is 10.1. The molecular weight excluding hydrogens is 353 g/mol. The molecule has 1 fully saturated rings. The van der Waals surface area contributed by atoms with Gasteiger partial charge in [-0.2, -0.15) is 0 Å². The van der Waals surface area contributed by atoms with Gasteiger partial charge in [-0.1, -0.05) is 15.9 Å². The number of nitrogens with one attached hydrogen (secondary N) is 1. The Balaban J connectivity index is 0.00000162. The molecule has 0 unspecified atom stereocenters. The Morgan fingerprint density at radius 2 is 1.89 bits per heavy atom. The van der Waals surface area contributed by atoms with Crippen LogP contribution in [0, 0.1) is 0 Å². The van der Waals surface area contributed by atoms with E-state index in [0.29, 0.717) is 5.69 Å². The average molecular weight is 373 g/mol. The van der Waals surface area contributed by atoms with Crippen LogP contribution >= 0.6 is 40.7 Å². The molecule has 1 aliphatic heterocycles. The summed E-state index contributed by atoms with van der Waals surface area (Å²) in [5, 5.41) is 13.4. The first-order chi connectivity index (χ1) is 8.11. The lowest BCUT2D eigenvalue weighted by Gasteiger charge is -2.33. The van der Waals surface area contributed by atoms with Gasteiger partial charge in [-0.15, -0.1) is 24.8 Å². The second-order valence-corrected chi connectivity index (χ2v) is 5.22. The lowest BCUT2D eigenvalue weighted by atomic mass is 10.0. The molecule has 7 heteroatoms. The van der Waals surface area contributed by atoms with Gasteiger partial charge in [0.25, 0.3) is 0 Å². The first-order valence-corrected chi connectivity index (χ1v) is 6.62. The van der Waals surface area contributed by atoms with Crippen LogP contribution in [-0.4, -0.2) is 36.2 Å². The van der Waals surface area contributed by atoms with E-state index in [1.807, 2.05) is 6.07 Å². The number of nitrogens with two attached hydrogens (primary N) is 1. The number of halogens is 3. The van der Waals surface area contributed by atoms with Gasteiger partial charge in [-0.3, -0.25) is 4.90 Å². The van der Waals surface area contributed by atoms with Crippen molar-refractivity contribution in [3.8, 4) is 5.75 Å². The summed E-state index contributed by atoms with van der Waals surface area (Å²) < 4.78 is 0.912. The van der Waals surface area contributed by atoms with E-state index in [2.05, 4.69) is 33.1 Å². The Labute approximate surface area is 134 Å². The zero-order chi connectivity index (χ0) is 12.4. The highest BCUT2D eigenvalue weighted by Gasteiger charge is 2.23. The van der Waals surface area contributed by atoms with E-state index < -0.39 is 0 Å². The van der Waals surface area contributed by atoms with E-state index in [9.17, 15) is 5.11 Å². The number of hydrogen-bond donors (Lipinski definition) is 3. The van der Waals surface area contributed by atoms with Crippen molar-refractivity contribution < 1.29 is 5.11 Å². The van der Waals surface area contributed by atoms with E-state index in [1.54, 1.807) is 6.07 Å². The van der Waals surface area contributed by atoms with Crippen molar-refractivity contribution in [3.05, 3.63) is 22.2 Å². The van der Waals surface area contributed by atoms with Crippen molar-refractivity contribution >= 4 is 46.4 Å². The summed E-state index contributed by atoms with van der Waals surface area (Å²) in [7, 11) is 0. The van der Waals surface area contributed by atoms with Crippen molar-refractivity contribution in [2.24, 2.45) is 0 Å². The van der Waals surface area contributed by atoms with Gasteiger partial charge < -0.3 is 16.2 Å². The number of phenolic OH excluding ortho intramolecular Hbond substituents is 1. The fourth-order valence-corrected chi connectivity index (χ4v) is 2.90. The van der Waals surface area contributed by atoms with Crippen molar-refractivity contribution in [3.63, 3.8) is 0 Å². The second-order valence-electron chi connectivity index (χ2n) is 4.36. The van der Waals surface area contributed by atoms with Crippen molar-refractivity contribution in [2.45, 2.75) is 13.0 Å². The molecule has 1 aromatic rings. The van der Waals surface area contributed by atoms with Crippen LogP contribution in [0.1, 0.15) is 18.5 Å². The van der Waals surface area contributed by atoms with Crippen LogP contribution in [0.15, 0.2) is 16.6 Å². The molecular formula is C12H20BrCl2N3O. The summed E-state index contributed by atoms with van der Waals surface area (Å²) in [6, 6.07) is 3.77. The third-order valence-corrected chi connectivity index (χ3v) is 4.00. The quantitative estimate of drug-likeness (QED) is 0.551. The highest BCUT2D eigenvalue weighted by molar-refractivity contribution is 9.10. The Kier molecular flexibility index (Phi) is 8.08. The molecule has 19 heavy (non-hydrogen) atoms. The molecule has 0 amide bonds. The van der Waals surface area contributed by atoms with Crippen molar-refractivity contribution in [2.75, 3.05) is 31.9 Å². The van der Waals surface area contributed by atoms with Gasteiger partial charge in [-0.05, 0) is 19.1 Å². The molecule has 1 aliphatic rings. The van der Waals surface area contributed by atoms with Gasteiger partial charge in [0.15, 0.2) is 0 Å². The smallest absolute Gasteiger partial charge is 0.144 e. The molecule has 1 saturated heterocycles. The molecule has 4 nitrogen and oxygen atoms in total. The maximum Gasteiger partial charge on any atom is 0.144 e. The van der Waals surface area contributed by atoms with E-state index in [-0.39, 0.29) is 36.6 Å². The standard InChI is InChI=1S/C12H18BrN3O.2ClH/c1-8(16-6-4-15-5-7-16)11-9(13)2-3-10(14)12(11)17;;/h2-3,8,15,17H,4-7,14H2,1H3;2*1H/t8-;;/m0../s1. The average Bonchev–Trinajstić information content (AvgIpc) is 2.35. The molecule has 0 saturated carbocycles. The fourth-order valence-electron chi connectivity index (χ4n) is 2.25. The predicted octanol–water partition coefficient (Wildman–Crippen LogP) is 2.55. The zero-order valence-electron chi connectivity index (χ0n) is 10.7. The third-order valence-electron chi connectivity index (χ3n) is 3.31. The van der Waals surface area contributed by atoms with Crippen LogP contribution in [0.5, 0.6) is 5.75 Å². The number of nitrogens with zero attached hydrogens (tertiary/aromatic N) is 1. The molecule has 0 aromatic heterocycles. The monoisotopic (exact) mass is 371 g/mol. The fraction of sp³-hybridized carbons (Fsp3) is 0.500. The van der Waals surface area contributed by atoms with Crippen molar-refractivity contribution in [1.82, 2.24) is 10.2 Å². The first kappa shape index (κ1) is 18.8. The first-order valence-electron chi connectivity index (χ1n) is 5.83. The Hall–Kier alpha value is -0.200. The van der Waals surface area contributed by atoms with E-state index in [1.165, 1.54) is 0 Å². The SMILES string of the molecule is C[C@@H](c1c(Br)ccc(N)c1O)N1CCNCC1.Cl.Cl. The Bertz CT molecular complexity index is 414. The molecule has 4 N–H and O–H groups in total. The molecule has 2 rings (SSSR count). The number of benzene rings is 1. The van der Waals surface area contributed by atoms with Gasteiger partial charge in [-0.25, -0.2) is 0 Å². The van der Waals surface area contributed by atoms with Gasteiger partial charge in [0.1, 0.15) is 5.75 Å². The van der Waals surface area contributed by atoms with Crippen molar-refractivity contribution in [1.29, 1.82) is 0 Å². The highest BCUT2D eigenvalue weighted by Crippen LogP contribution is 2.38. The van der Waals surface area contributed by atoms with E-state index in [0.717, 1.165) is 36.2 Å². The number of hydrogen-bond acceptors (Lipinski definition) is 4. The lowest BCUT2D eigenvalue weighted by molar-refractivity contribution is 0.182. The maximum absolute atomic E-state index is 10.1. The van der Waals surface area contributed by atoms with Crippen LogP contribution in [0.2, 0.25) is 0 Å². The number of piperazine rings is 1. The summed E-state index contributed by atoms with van der Waals surface area (Å²) in [4.78, 5) is 2.34. The number of rotatable bonds is 2. The molecule has 1 aromatic carbocycles. The minimum atomic E-state index is 0.